The van der Waals surface area contributed by atoms with E-state index in [2.05, 4.69) is 52.8 Å². The van der Waals surface area contributed by atoms with Crippen molar-refractivity contribution in [2.24, 2.45) is 0 Å². The molecule has 22 heavy (non-hydrogen) atoms. The van der Waals surface area contributed by atoms with Gasteiger partial charge in [0.1, 0.15) is 5.54 Å². The summed E-state index contributed by atoms with van der Waals surface area (Å²) in [4.78, 5) is 5.30. The molecule has 1 aromatic heterocycles. The van der Waals surface area contributed by atoms with Gasteiger partial charge in [-0.15, -0.1) is 11.8 Å². The van der Waals surface area contributed by atoms with Gasteiger partial charge >= 0.3 is 0 Å². The summed E-state index contributed by atoms with van der Waals surface area (Å²) in [5.74, 6) is 1.05. The lowest BCUT2D eigenvalue weighted by molar-refractivity contribution is 0.356. The maximum Gasteiger partial charge on any atom is 0.125 e. The minimum absolute atomic E-state index is 0.323. The van der Waals surface area contributed by atoms with E-state index < -0.39 is 0 Å². The minimum Gasteiger partial charge on any atom is -0.367 e. The SMILES string of the molecule is N#CC1(Nc2ccc(SCCc3ccncc3)cc2)CCC1. The van der Waals surface area contributed by atoms with Crippen molar-refractivity contribution >= 4 is 17.4 Å². The Morgan fingerprint density at radius 1 is 1.14 bits per heavy atom. The topological polar surface area (TPSA) is 48.7 Å². The van der Waals surface area contributed by atoms with Gasteiger partial charge in [-0.25, -0.2) is 0 Å². The number of nitriles is 1. The summed E-state index contributed by atoms with van der Waals surface area (Å²) in [5.41, 5.74) is 2.04. The Morgan fingerprint density at radius 2 is 1.86 bits per heavy atom. The molecular formula is C18H19N3S. The van der Waals surface area contributed by atoms with E-state index in [1.807, 2.05) is 24.2 Å². The standard InChI is InChI=1S/C18H19N3S/c19-14-18(9-1-10-18)21-16-2-4-17(5-3-16)22-13-8-15-6-11-20-12-7-15/h2-7,11-12,21H,1,8-10,13H2. The maximum absolute atomic E-state index is 9.26. The highest BCUT2D eigenvalue weighted by Gasteiger charge is 2.36. The fourth-order valence-electron chi connectivity index (χ4n) is 2.54. The molecule has 0 unspecified atom stereocenters. The second-order valence-electron chi connectivity index (χ2n) is 5.65. The summed E-state index contributed by atoms with van der Waals surface area (Å²) < 4.78 is 0. The average Bonchev–Trinajstić information content (AvgIpc) is 2.53. The largest absolute Gasteiger partial charge is 0.367 e. The van der Waals surface area contributed by atoms with Crippen molar-refractivity contribution < 1.29 is 0 Å². The first-order chi connectivity index (χ1) is 10.8. The third-order valence-electron chi connectivity index (χ3n) is 4.07. The second kappa shape index (κ2) is 6.85. The maximum atomic E-state index is 9.26. The molecule has 0 spiro atoms. The Balaban J connectivity index is 1.50. The fourth-order valence-corrected chi connectivity index (χ4v) is 3.44. The molecule has 1 heterocycles. The Hall–Kier alpha value is -1.99. The normalized spacial score (nSPS) is 15.6. The van der Waals surface area contributed by atoms with Gasteiger partial charge in [0.05, 0.1) is 6.07 Å². The van der Waals surface area contributed by atoms with Crippen molar-refractivity contribution in [3.63, 3.8) is 0 Å². The van der Waals surface area contributed by atoms with Crippen LogP contribution >= 0.6 is 11.8 Å². The van der Waals surface area contributed by atoms with Crippen LogP contribution in [0.3, 0.4) is 0 Å². The van der Waals surface area contributed by atoms with Crippen molar-refractivity contribution in [2.75, 3.05) is 11.1 Å². The smallest absolute Gasteiger partial charge is 0.125 e. The summed E-state index contributed by atoms with van der Waals surface area (Å²) in [5, 5.41) is 12.6. The van der Waals surface area contributed by atoms with Crippen molar-refractivity contribution in [2.45, 2.75) is 36.1 Å². The van der Waals surface area contributed by atoms with Crippen LogP contribution in [-0.2, 0) is 6.42 Å². The van der Waals surface area contributed by atoms with Crippen LogP contribution in [0.4, 0.5) is 5.69 Å². The lowest BCUT2D eigenvalue weighted by Gasteiger charge is -2.36. The van der Waals surface area contributed by atoms with Crippen molar-refractivity contribution in [3.8, 4) is 6.07 Å². The molecule has 0 atom stereocenters. The predicted molar refractivity (Wildman–Crippen MR) is 90.9 cm³/mol. The molecule has 0 aliphatic heterocycles. The molecule has 3 rings (SSSR count). The van der Waals surface area contributed by atoms with Gasteiger partial charge in [0, 0.05) is 28.7 Å². The molecule has 112 valence electrons. The highest BCUT2D eigenvalue weighted by molar-refractivity contribution is 7.99. The molecule has 1 aliphatic rings. The number of nitrogens with zero attached hydrogens (tertiary/aromatic N) is 2. The Labute approximate surface area is 135 Å². The van der Waals surface area contributed by atoms with Gasteiger partial charge in [-0.3, -0.25) is 4.98 Å². The lowest BCUT2D eigenvalue weighted by Crippen LogP contribution is -2.43. The molecule has 0 bridgehead atoms. The zero-order valence-electron chi connectivity index (χ0n) is 12.5. The molecule has 2 aromatic rings. The van der Waals surface area contributed by atoms with Gasteiger partial charge in [-0.1, -0.05) is 0 Å². The lowest BCUT2D eigenvalue weighted by atomic mass is 9.78. The number of rotatable bonds is 6. The van der Waals surface area contributed by atoms with E-state index in [9.17, 15) is 5.26 Å². The van der Waals surface area contributed by atoms with Gasteiger partial charge in [0.15, 0.2) is 0 Å². The molecule has 0 amide bonds. The van der Waals surface area contributed by atoms with E-state index in [1.165, 1.54) is 10.5 Å². The fraction of sp³-hybridized carbons (Fsp3) is 0.333. The first-order valence-corrected chi connectivity index (χ1v) is 8.59. The van der Waals surface area contributed by atoms with Crippen LogP contribution in [0.1, 0.15) is 24.8 Å². The first kappa shape index (κ1) is 14.9. The van der Waals surface area contributed by atoms with Gasteiger partial charge in [-0.2, -0.15) is 5.26 Å². The summed E-state index contributed by atoms with van der Waals surface area (Å²) >= 11 is 1.85. The van der Waals surface area contributed by atoms with Gasteiger partial charge < -0.3 is 5.32 Å². The number of anilines is 1. The molecule has 1 saturated carbocycles. The highest BCUT2D eigenvalue weighted by Crippen LogP contribution is 2.35. The van der Waals surface area contributed by atoms with Crippen LogP contribution in [0.25, 0.3) is 0 Å². The van der Waals surface area contributed by atoms with E-state index in [4.69, 9.17) is 0 Å². The van der Waals surface area contributed by atoms with Crippen LogP contribution in [0.15, 0.2) is 53.7 Å². The number of hydrogen-bond donors (Lipinski definition) is 1. The number of hydrogen-bond acceptors (Lipinski definition) is 4. The van der Waals surface area contributed by atoms with Gasteiger partial charge in [0.2, 0.25) is 0 Å². The molecule has 3 nitrogen and oxygen atoms in total. The molecule has 1 N–H and O–H groups in total. The summed E-state index contributed by atoms with van der Waals surface area (Å²) in [7, 11) is 0. The molecule has 0 radical (unpaired) electrons. The molecular weight excluding hydrogens is 290 g/mol. The van der Waals surface area contributed by atoms with Gasteiger partial charge in [-0.05, 0) is 67.6 Å². The Bertz CT molecular complexity index is 642. The van der Waals surface area contributed by atoms with Crippen LogP contribution < -0.4 is 5.32 Å². The third kappa shape index (κ3) is 3.61. The third-order valence-corrected chi connectivity index (χ3v) is 5.08. The Morgan fingerprint density at radius 3 is 2.45 bits per heavy atom. The van der Waals surface area contributed by atoms with Crippen LogP contribution in [0.2, 0.25) is 0 Å². The molecule has 1 aromatic carbocycles. The van der Waals surface area contributed by atoms with E-state index >= 15 is 0 Å². The van der Waals surface area contributed by atoms with Crippen molar-refractivity contribution in [1.29, 1.82) is 5.26 Å². The number of pyridine rings is 1. The number of aryl methyl sites for hydroxylation is 1. The highest BCUT2D eigenvalue weighted by atomic mass is 32.2. The zero-order valence-corrected chi connectivity index (χ0v) is 13.3. The number of aromatic nitrogens is 1. The second-order valence-corrected chi connectivity index (χ2v) is 6.82. The van der Waals surface area contributed by atoms with E-state index in [0.717, 1.165) is 37.1 Å². The van der Waals surface area contributed by atoms with E-state index in [1.54, 1.807) is 0 Å². The van der Waals surface area contributed by atoms with Crippen LogP contribution in [0, 0.1) is 11.3 Å². The van der Waals surface area contributed by atoms with E-state index in [-0.39, 0.29) is 5.54 Å². The van der Waals surface area contributed by atoms with Crippen molar-refractivity contribution in [3.05, 3.63) is 54.4 Å². The summed E-state index contributed by atoms with van der Waals surface area (Å²) in [6.07, 6.45) is 7.77. The monoisotopic (exact) mass is 309 g/mol. The van der Waals surface area contributed by atoms with Crippen LogP contribution in [-0.4, -0.2) is 16.3 Å². The van der Waals surface area contributed by atoms with E-state index in [0.29, 0.717) is 0 Å². The Kier molecular flexibility index (Phi) is 4.65. The minimum atomic E-state index is -0.323. The summed E-state index contributed by atoms with van der Waals surface area (Å²) in [6.45, 7) is 0. The molecule has 1 fully saturated rings. The number of thioether (sulfide) groups is 1. The number of nitrogens with one attached hydrogen (secondary N) is 1. The van der Waals surface area contributed by atoms with Crippen molar-refractivity contribution in [1.82, 2.24) is 4.98 Å². The number of benzene rings is 1. The first-order valence-electron chi connectivity index (χ1n) is 7.61. The quantitative estimate of drug-likeness (QED) is 0.809. The predicted octanol–water partition coefficient (Wildman–Crippen LogP) is 4.27. The average molecular weight is 309 g/mol. The summed E-state index contributed by atoms with van der Waals surface area (Å²) in [6, 6.07) is 14.9. The molecule has 4 heteroatoms. The molecule has 0 saturated heterocycles. The molecule has 1 aliphatic carbocycles. The van der Waals surface area contributed by atoms with Gasteiger partial charge in [0.25, 0.3) is 0 Å². The zero-order chi connectivity index (χ0) is 15.3. The van der Waals surface area contributed by atoms with Crippen LogP contribution in [0.5, 0.6) is 0 Å².